The van der Waals surface area contributed by atoms with Crippen LogP contribution in [0, 0.1) is 0 Å². The molecule has 0 aromatic heterocycles. The molecule has 1 fully saturated rings. The van der Waals surface area contributed by atoms with E-state index in [0.717, 1.165) is 38.3 Å². The third-order valence-electron chi connectivity index (χ3n) is 4.82. The van der Waals surface area contributed by atoms with Crippen molar-refractivity contribution in [3.63, 3.8) is 0 Å². The predicted molar refractivity (Wildman–Crippen MR) is 92.7 cm³/mol. The van der Waals surface area contributed by atoms with E-state index in [1.807, 2.05) is 29.2 Å². The Kier molecular flexibility index (Phi) is 4.22. The molecule has 0 saturated carbocycles. The van der Waals surface area contributed by atoms with Crippen molar-refractivity contribution in [2.75, 3.05) is 13.2 Å². The van der Waals surface area contributed by atoms with E-state index < -0.39 is 0 Å². The summed E-state index contributed by atoms with van der Waals surface area (Å²) in [5.74, 6) is 1.22. The molecule has 2 aromatic rings. The minimum absolute atomic E-state index is 0.0711. The fourth-order valence-electron chi connectivity index (χ4n) is 3.48. The van der Waals surface area contributed by atoms with Crippen molar-refractivity contribution in [1.82, 2.24) is 10.2 Å². The normalized spacial score (nSPS) is 19.4. The van der Waals surface area contributed by atoms with Crippen LogP contribution in [0.15, 0.2) is 48.5 Å². The van der Waals surface area contributed by atoms with E-state index in [4.69, 9.17) is 4.74 Å². The number of carbonyl (C=O) groups excluding carboxylic acids is 1. The molecule has 0 radical (unpaired) electrons. The molecule has 0 bridgehead atoms. The average molecular weight is 322 g/mol. The van der Waals surface area contributed by atoms with E-state index in [0.29, 0.717) is 6.54 Å². The van der Waals surface area contributed by atoms with Gasteiger partial charge in [-0.2, -0.15) is 0 Å². The van der Waals surface area contributed by atoms with Gasteiger partial charge in [0.1, 0.15) is 5.75 Å². The number of hydrogen-bond acceptors (Lipinski definition) is 3. The van der Waals surface area contributed by atoms with Gasteiger partial charge in [0.25, 0.3) is 0 Å². The number of ether oxygens (including phenoxy) is 1. The van der Waals surface area contributed by atoms with E-state index in [2.05, 4.69) is 29.6 Å². The molecule has 0 spiro atoms. The quantitative estimate of drug-likeness (QED) is 0.920. The first kappa shape index (κ1) is 15.2. The van der Waals surface area contributed by atoms with Gasteiger partial charge in [0.15, 0.2) is 0 Å². The van der Waals surface area contributed by atoms with Crippen LogP contribution in [0.2, 0.25) is 0 Å². The number of nitrogens with one attached hydrogen (secondary N) is 1. The highest BCUT2D eigenvalue weighted by atomic mass is 16.5. The minimum atomic E-state index is -0.0711. The zero-order valence-corrected chi connectivity index (χ0v) is 13.7. The van der Waals surface area contributed by atoms with Crippen molar-refractivity contribution in [2.24, 2.45) is 0 Å². The van der Waals surface area contributed by atoms with Crippen LogP contribution in [-0.4, -0.2) is 30.0 Å². The number of rotatable bonds is 5. The lowest BCUT2D eigenvalue weighted by atomic mass is 10.1. The van der Waals surface area contributed by atoms with E-state index >= 15 is 0 Å². The van der Waals surface area contributed by atoms with Crippen molar-refractivity contribution < 1.29 is 9.53 Å². The van der Waals surface area contributed by atoms with Gasteiger partial charge in [0.2, 0.25) is 5.91 Å². The van der Waals surface area contributed by atoms with Crippen LogP contribution < -0.4 is 10.1 Å². The molecule has 0 aliphatic carbocycles. The first-order valence-electron chi connectivity index (χ1n) is 8.60. The molecular formula is C20H22N2O2. The maximum atomic E-state index is 12.6. The molecule has 24 heavy (non-hydrogen) atoms. The van der Waals surface area contributed by atoms with Crippen LogP contribution in [0.1, 0.15) is 23.1 Å². The number of carbonyl (C=O) groups is 1. The number of nitrogens with zero attached hydrogens (tertiary/aromatic N) is 1. The zero-order valence-electron chi connectivity index (χ0n) is 13.7. The van der Waals surface area contributed by atoms with Crippen molar-refractivity contribution in [2.45, 2.75) is 32.0 Å². The Labute approximate surface area is 142 Å². The smallest absolute Gasteiger partial charge is 0.240 e. The Hall–Kier alpha value is -2.33. The van der Waals surface area contributed by atoms with Gasteiger partial charge >= 0.3 is 0 Å². The highest BCUT2D eigenvalue weighted by molar-refractivity contribution is 5.83. The summed E-state index contributed by atoms with van der Waals surface area (Å²) in [5, 5.41) is 3.42. The highest BCUT2D eigenvalue weighted by Crippen LogP contribution is 2.26. The third-order valence-corrected chi connectivity index (χ3v) is 4.82. The fraction of sp³-hybridized carbons (Fsp3) is 0.350. The summed E-state index contributed by atoms with van der Waals surface area (Å²) < 4.78 is 5.54. The number of hydrogen-bond donors (Lipinski definition) is 1. The number of amides is 1. The Morgan fingerprint density at radius 1 is 1.12 bits per heavy atom. The molecule has 2 aliphatic rings. The molecule has 4 nitrogen and oxygen atoms in total. The molecule has 1 N–H and O–H groups in total. The topological polar surface area (TPSA) is 41.6 Å². The summed E-state index contributed by atoms with van der Waals surface area (Å²) >= 11 is 0. The van der Waals surface area contributed by atoms with Crippen molar-refractivity contribution in [1.29, 1.82) is 0 Å². The van der Waals surface area contributed by atoms with Gasteiger partial charge in [0, 0.05) is 26.1 Å². The lowest BCUT2D eigenvalue weighted by Crippen LogP contribution is -2.37. The first-order valence-corrected chi connectivity index (χ1v) is 8.60. The van der Waals surface area contributed by atoms with Crippen LogP contribution in [-0.2, 0) is 24.3 Å². The highest BCUT2D eigenvalue weighted by Gasteiger charge is 2.31. The standard InChI is InChI=1S/C20H22N2O2/c23-20-18(8-10-22(20)14-15-4-2-1-3-5-15)21-13-16-6-7-19-17(12-16)9-11-24-19/h1-7,12,18,21H,8-11,13-14H2. The van der Waals surface area contributed by atoms with E-state index in [9.17, 15) is 4.79 Å². The minimum Gasteiger partial charge on any atom is -0.493 e. The molecule has 1 amide bonds. The van der Waals surface area contributed by atoms with E-state index in [1.54, 1.807) is 0 Å². The first-order chi connectivity index (χ1) is 11.8. The molecule has 4 heteroatoms. The predicted octanol–water partition coefficient (Wildman–Crippen LogP) is 2.51. The van der Waals surface area contributed by atoms with Gasteiger partial charge in [-0.15, -0.1) is 0 Å². The summed E-state index contributed by atoms with van der Waals surface area (Å²) in [6.07, 6.45) is 1.86. The van der Waals surface area contributed by atoms with Gasteiger partial charge in [-0.05, 0) is 29.2 Å². The van der Waals surface area contributed by atoms with Gasteiger partial charge < -0.3 is 15.0 Å². The average Bonchev–Trinajstić information content (AvgIpc) is 3.21. The van der Waals surface area contributed by atoms with Crippen LogP contribution in [0.25, 0.3) is 0 Å². The largest absolute Gasteiger partial charge is 0.493 e. The van der Waals surface area contributed by atoms with Gasteiger partial charge in [0.05, 0.1) is 12.6 Å². The molecule has 1 unspecified atom stereocenters. The van der Waals surface area contributed by atoms with Gasteiger partial charge in [-0.3, -0.25) is 4.79 Å². The van der Waals surface area contributed by atoms with Crippen LogP contribution in [0.4, 0.5) is 0 Å². The van der Waals surface area contributed by atoms with Crippen LogP contribution in [0.5, 0.6) is 5.75 Å². The molecule has 1 atom stereocenters. The molecule has 4 rings (SSSR count). The van der Waals surface area contributed by atoms with Gasteiger partial charge in [-0.25, -0.2) is 0 Å². The maximum Gasteiger partial charge on any atom is 0.240 e. The van der Waals surface area contributed by atoms with Crippen molar-refractivity contribution in [3.8, 4) is 5.75 Å². The summed E-state index contributed by atoms with van der Waals surface area (Å²) in [4.78, 5) is 14.5. The van der Waals surface area contributed by atoms with Crippen LogP contribution >= 0.6 is 0 Å². The Morgan fingerprint density at radius 3 is 2.88 bits per heavy atom. The summed E-state index contributed by atoms with van der Waals surface area (Å²) in [7, 11) is 0. The van der Waals surface area contributed by atoms with Crippen molar-refractivity contribution in [3.05, 3.63) is 65.2 Å². The molecule has 2 aliphatic heterocycles. The van der Waals surface area contributed by atoms with Gasteiger partial charge in [-0.1, -0.05) is 42.5 Å². The third kappa shape index (κ3) is 3.15. The number of benzene rings is 2. The number of likely N-dealkylation sites (tertiary alicyclic amines) is 1. The second-order valence-corrected chi connectivity index (χ2v) is 6.51. The zero-order chi connectivity index (χ0) is 16.4. The fourth-order valence-corrected chi connectivity index (χ4v) is 3.48. The molecule has 2 heterocycles. The molecule has 124 valence electrons. The van der Waals surface area contributed by atoms with Crippen molar-refractivity contribution >= 4 is 5.91 Å². The maximum absolute atomic E-state index is 12.6. The molecule has 1 saturated heterocycles. The second-order valence-electron chi connectivity index (χ2n) is 6.51. The lowest BCUT2D eigenvalue weighted by molar-refractivity contribution is -0.129. The summed E-state index contributed by atoms with van der Waals surface area (Å²) in [6.45, 7) is 3.03. The Bertz CT molecular complexity index is 730. The summed E-state index contributed by atoms with van der Waals surface area (Å²) in [5.41, 5.74) is 3.68. The second kappa shape index (κ2) is 6.65. The Morgan fingerprint density at radius 2 is 2.00 bits per heavy atom. The van der Waals surface area contributed by atoms with Crippen LogP contribution in [0.3, 0.4) is 0 Å². The monoisotopic (exact) mass is 322 g/mol. The molecular weight excluding hydrogens is 300 g/mol. The number of fused-ring (bicyclic) bond motifs is 1. The SMILES string of the molecule is O=C1C(NCc2ccc3c(c2)CCO3)CCN1Cc1ccccc1. The lowest BCUT2D eigenvalue weighted by Gasteiger charge is -2.17. The molecule has 2 aromatic carbocycles. The Balaban J connectivity index is 1.33. The van der Waals surface area contributed by atoms with E-state index in [-0.39, 0.29) is 11.9 Å². The summed E-state index contributed by atoms with van der Waals surface area (Å²) in [6, 6.07) is 16.4. The van der Waals surface area contributed by atoms with E-state index in [1.165, 1.54) is 16.7 Å².